The first-order valence-corrected chi connectivity index (χ1v) is 8.89. The second kappa shape index (κ2) is 8.92. The molecule has 0 radical (unpaired) electrons. The molecule has 0 aliphatic carbocycles. The Kier molecular flexibility index (Phi) is 6.13. The van der Waals surface area contributed by atoms with E-state index >= 15 is 0 Å². The monoisotopic (exact) mass is 394 g/mol. The van der Waals surface area contributed by atoms with Gasteiger partial charge >= 0.3 is 12.0 Å². The number of methoxy groups -OCH3 is 2. The summed E-state index contributed by atoms with van der Waals surface area (Å²) in [6.07, 6.45) is 0. The Labute approximate surface area is 168 Å². The molecular formula is C21H22N4O4. The van der Waals surface area contributed by atoms with Gasteiger partial charge in [-0.15, -0.1) is 0 Å². The first kappa shape index (κ1) is 19.9. The Morgan fingerprint density at radius 3 is 2.17 bits per heavy atom. The summed E-state index contributed by atoms with van der Waals surface area (Å²) in [6.45, 7) is 3.54. The number of para-hydroxylation sites is 2. The Bertz CT molecular complexity index is 986. The predicted molar refractivity (Wildman–Crippen MR) is 110 cm³/mol. The van der Waals surface area contributed by atoms with Crippen LogP contribution in [0.4, 0.5) is 16.2 Å². The number of nitrogens with one attached hydrogen (secondary N) is 2. The minimum atomic E-state index is -0.455. The van der Waals surface area contributed by atoms with Gasteiger partial charge in [0.15, 0.2) is 11.5 Å². The second-order valence-corrected chi connectivity index (χ2v) is 6.09. The third-order valence-electron chi connectivity index (χ3n) is 4.09. The van der Waals surface area contributed by atoms with Crippen LogP contribution in [0.15, 0.2) is 48.5 Å². The molecule has 1 aromatic heterocycles. The van der Waals surface area contributed by atoms with E-state index in [0.29, 0.717) is 40.0 Å². The van der Waals surface area contributed by atoms with Crippen LogP contribution in [0.3, 0.4) is 0 Å². The maximum Gasteiger partial charge on any atom is 0.323 e. The van der Waals surface area contributed by atoms with E-state index in [0.717, 1.165) is 0 Å². The molecule has 0 atom stereocenters. The van der Waals surface area contributed by atoms with Gasteiger partial charge < -0.3 is 24.8 Å². The van der Waals surface area contributed by atoms with Gasteiger partial charge in [-0.3, -0.25) is 0 Å². The molecule has 1 heterocycles. The average Bonchev–Trinajstić information content (AvgIpc) is 2.71. The van der Waals surface area contributed by atoms with Gasteiger partial charge in [-0.1, -0.05) is 24.3 Å². The Hall–Kier alpha value is -3.81. The van der Waals surface area contributed by atoms with E-state index in [2.05, 4.69) is 20.6 Å². The van der Waals surface area contributed by atoms with Crippen molar-refractivity contribution >= 4 is 17.4 Å². The minimum absolute atomic E-state index is 0.214. The van der Waals surface area contributed by atoms with Crippen LogP contribution in [-0.4, -0.2) is 30.2 Å². The van der Waals surface area contributed by atoms with E-state index < -0.39 is 6.03 Å². The van der Waals surface area contributed by atoms with Crippen molar-refractivity contribution in [3.8, 4) is 23.3 Å². The van der Waals surface area contributed by atoms with Crippen LogP contribution < -0.4 is 24.8 Å². The number of anilines is 2. The SMILES string of the molecule is COc1cccc(NC(=O)Nc2c(C)nc(Oc3ccccc3)nc2C)c1OC. The van der Waals surface area contributed by atoms with Crippen molar-refractivity contribution in [2.24, 2.45) is 0 Å². The summed E-state index contributed by atoms with van der Waals surface area (Å²) in [5.74, 6) is 1.58. The molecule has 0 saturated heterocycles. The van der Waals surface area contributed by atoms with Gasteiger partial charge in [-0.2, -0.15) is 9.97 Å². The summed E-state index contributed by atoms with van der Waals surface area (Å²) in [6, 6.07) is 14.2. The topological polar surface area (TPSA) is 94.6 Å². The third kappa shape index (κ3) is 4.73. The number of rotatable bonds is 6. The van der Waals surface area contributed by atoms with E-state index in [4.69, 9.17) is 14.2 Å². The summed E-state index contributed by atoms with van der Waals surface area (Å²) in [7, 11) is 3.04. The zero-order valence-electron chi connectivity index (χ0n) is 16.6. The van der Waals surface area contributed by atoms with E-state index in [1.54, 1.807) is 32.0 Å². The highest BCUT2D eigenvalue weighted by molar-refractivity contribution is 6.01. The number of amides is 2. The van der Waals surface area contributed by atoms with Crippen molar-refractivity contribution in [2.45, 2.75) is 13.8 Å². The van der Waals surface area contributed by atoms with E-state index in [1.807, 2.05) is 30.3 Å². The van der Waals surface area contributed by atoms with Gasteiger partial charge in [0.2, 0.25) is 0 Å². The molecule has 0 aliphatic rings. The van der Waals surface area contributed by atoms with Gasteiger partial charge in [0.1, 0.15) is 5.75 Å². The molecule has 0 unspecified atom stereocenters. The summed E-state index contributed by atoms with van der Waals surface area (Å²) < 4.78 is 16.2. The highest BCUT2D eigenvalue weighted by Crippen LogP contribution is 2.34. The number of benzene rings is 2. The first-order chi connectivity index (χ1) is 14.0. The quantitative estimate of drug-likeness (QED) is 0.637. The molecule has 0 fully saturated rings. The van der Waals surface area contributed by atoms with Crippen molar-refractivity contribution < 1.29 is 19.0 Å². The van der Waals surface area contributed by atoms with Crippen molar-refractivity contribution in [1.82, 2.24) is 9.97 Å². The van der Waals surface area contributed by atoms with Gasteiger partial charge in [0, 0.05) is 0 Å². The van der Waals surface area contributed by atoms with Gasteiger partial charge in [0.25, 0.3) is 0 Å². The van der Waals surface area contributed by atoms with Crippen LogP contribution >= 0.6 is 0 Å². The summed E-state index contributed by atoms with van der Waals surface area (Å²) in [4.78, 5) is 21.2. The number of carbonyl (C=O) groups excluding carboxylic acids is 1. The van der Waals surface area contributed by atoms with Crippen LogP contribution in [-0.2, 0) is 0 Å². The summed E-state index contributed by atoms with van der Waals surface area (Å²) >= 11 is 0. The number of ether oxygens (including phenoxy) is 3. The number of aryl methyl sites for hydroxylation is 2. The molecule has 8 heteroatoms. The Morgan fingerprint density at radius 1 is 0.862 bits per heavy atom. The number of urea groups is 1. The van der Waals surface area contributed by atoms with Crippen LogP contribution in [0.25, 0.3) is 0 Å². The predicted octanol–water partition coefficient (Wildman–Crippen LogP) is 4.55. The molecule has 150 valence electrons. The van der Waals surface area contributed by atoms with Gasteiger partial charge in [-0.05, 0) is 38.1 Å². The zero-order chi connectivity index (χ0) is 20.8. The lowest BCUT2D eigenvalue weighted by molar-refractivity contribution is 0.262. The minimum Gasteiger partial charge on any atom is -0.493 e. The lowest BCUT2D eigenvalue weighted by Crippen LogP contribution is -2.21. The molecule has 8 nitrogen and oxygen atoms in total. The fourth-order valence-corrected chi connectivity index (χ4v) is 2.76. The van der Waals surface area contributed by atoms with Crippen molar-refractivity contribution in [1.29, 1.82) is 0 Å². The van der Waals surface area contributed by atoms with Crippen molar-refractivity contribution in [3.63, 3.8) is 0 Å². The Morgan fingerprint density at radius 2 is 1.55 bits per heavy atom. The number of nitrogens with zero attached hydrogens (tertiary/aromatic N) is 2. The highest BCUT2D eigenvalue weighted by atomic mass is 16.5. The molecule has 2 aromatic carbocycles. The van der Waals surface area contributed by atoms with Crippen LogP contribution in [0.5, 0.6) is 23.3 Å². The molecule has 0 bridgehead atoms. The van der Waals surface area contributed by atoms with Crippen molar-refractivity contribution in [2.75, 3.05) is 24.9 Å². The standard InChI is InChI=1S/C21H22N4O4/c1-13-18(14(2)23-21(22-13)29-15-9-6-5-7-10-15)25-20(26)24-16-11-8-12-17(27-3)19(16)28-4/h5-12H,1-4H3,(H2,24,25,26). The lowest BCUT2D eigenvalue weighted by Gasteiger charge is -2.15. The van der Waals surface area contributed by atoms with Gasteiger partial charge in [0.05, 0.1) is 37.0 Å². The van der Waals surface area contributed by atoms with Crippen LogP contribution in [0.1, 0.15) is 11.4 Å². The van der Waals surface area contributed by atoms with E-state index in [1.165, 1.54) is 14.2 Å². The summed E-state index contributed by atoms with van der Waals surface area (Å²) in [5, 5.41) is 5.53. The molecule has 3 aromatic rings. The number of hydrogen-bond acceptors (Lipinski definition) is 6. The molecule has 29 heavy (non-hydrogen) atoms. The van der Waals surface area contributed by atoms with Gasteiger partial charge in [-0.25, -0.2) is 4.79 Å². The fraction of sp³-hybridized carbons (Fsp3) is 0.190. The number of aromatic nitrogens is 2. The molecule has 2 N–H and O–H groups in total. The zero-order valence-corrected chi connectivity index (χ0v) is 16.6. The lowest BCUT2D eigenvalue weighted by atomic mass is 10.2. The first-order valence-electron chi connectivity index (χ1n) is 8.89. The maximum absolute atomic E-state index is 12.5. The molecule has 2 amide bonds. The average molecular weight is 394 g/mol. The van der Waals surface area contributed by atoms with Crippen LogP contribution in [0, 0.1) is 13.8 Å². The molecule has 0 saturated carbocycles. The number of carbonyl (C=O) groups is 1. The molecule has 0 spiro atoms. The normalized spacial score (nSPS) is 10.2. The van der Waals surface area contributed by atoms with E-state index in [-0.39, 0.29) is 6.01 Å². The maximum atomic E-state index is 12.5. The second-order valence-electron chi connectivity index (χ2n) is 6.09. The Balaban J connectivity index is 1.76. The van der Waals surface area contributed by atoms with Crippen molar-refractivity contribution in [3.05, 3.63) is 59.9 Å². The fourth-order valence-electron chi connectivity index (χ4n) is 2.76. The molecular weight excluding hydrogens is 372 g/mol. The highest BCUT2D eigenvalue weighted by Gasteiger charge is 2.16. The molecule has 3 rings (SSSR count). The molecule has 0 aliphatic heterocycles. The smallest absolute Gasteiger partial charge is 0.323 e. The van der Waals surface area contributed by atoms with E-state index in [9.17, 15) is 4.79 Å². The third-order valence-corrected chi connectivity index (χ3v) is 4.09. The largest absolute Gasteiger partial charge is 0.493 e. The number of hydrogen-bond donors (Lipinski definition) is 2. The summed E-state index contributed by atoms with van der Waals surface area (Å²) in [5.41, 5.74) is 2.14. The van der Waals surface area contributed by atoms with Crippen LogP contribution in [0.2, 0.25) is 0 Å².